The summed E-state index contributed by atoms with van der Waals surface area (Å²) in [4.78, 5) is 19.5. The Kier molecular flexibility index (Phi) is 5.98. The molecule has 0 unspecified atom stereocenters. The molecule has 0 aliphatic carbocycles. The van der Waals surface area contributed by atoms with E-state index < -0.39 is 0 Å². The molecular weight excluding hydrogens is 346 g/mol. The van der Waals surface area contributed by atoms with Crippen molar-refractivity contribution in [1.82, 2.24) is 9.88 Å². The van der Waals surface area contributed by atoms with Gasteiger partial charge >= 0.3 is 0 Å². The standard InChI is InChI=1S/C24H21N3O/c1-3-15-27(17-20-11-9-19(16-25)10-12-20)24(28)22-13-14-23(26-18(22)2)21-7-5-4-6-8-21/h3-14H,1,15,17H2,2H3. The molecule has 0 bridgehead atoms. The molecule has 0 aliphatic rings. The molecule has 3 rings (SSSR count). The second kappa shape index (κ2) is 8.79. The van der Waals surface area contributed by atoms with Crippen molar-refractivity contribution in [2.45, 2.75) is 13.5 Å². The molecule has 1 aromatic heterocycles. The number of pyridine rings is 1. The van der Waals surface area contributed by atoms with E-state index in [-0.39, 0.29) is 5.91 Å². The summed E-state index contributed by atoms with van der Waals surface area (Å²) in [6, 6.07) is 23.0. The number of hydrogen-bond donors (Lipinski definition) is 0. The van der Waals surface area contributed by atoms with E-state index in [4.69, 9.17) is 5.26 Å². The molecule has 138 valence electrons. The number of rotatable bonds is 6. The summed E-state index contributed by atoms with van der Waals surface area (Å²) in [5.41, 5.74) is 4.69. The number of carbonyl (C=O) groups is 1. The third-order valence-corrected chi connectivity index (χ3v) is 4.48. The van der Waals surface area contributed by atoms with Crippen LogP contribution in [0.15, 0.2) is 79.4 Å². The Balaban J connectivity index is 1.84. The van der Waals surface area contributed by atoms with Gasteiger partial charge in [0.2, 0.25) is 0 Å². The molecule has 4 heteroatoms. The summed E-state index contributed by atoms with van der Waals surface area (Å²) in [5.74, 6) is -0.0890. The Morgan fingerprint density at radius 1 is 1.11 bits per heavy atom. The molecule has 0 saturated carbocycles. The van der Waals surface area contributed by atoms with E-state index >= 15 is 0 Å². The van der Waals surface area contributed by atoms with Gasteiger partial charge in [0.1, 0.15) is 0 Å². The largest absolute Gasteiger partial charge is 0.331 e. The van der Waals surface area contributed by atoms with Gasteiger partial charge in [-0.2, -0.15) is 5.26 Å². The number of nitrogens with zero attached hydrogens (tertiary/aromatic N) is 3. The van der Waals surface area contributed by atoms with E-state index in [1.807, 2.05) is 61.5 Å². The Hall–Kier alpha value is -3.71. The Labute approximate surface area is 165 Å². The molecule has 0 spiro atoms. The molecule has 3 aromatic rings. The lowest BCUT2D eigenvalue weighted by atomic mass is 10.1. The minimum atomic E-state index is -0.0890. The van der Waals surface area contributed by atoms with Crippen LogP contribution < -0.4 is 0 Å². The first-order valence-electron chi connectivity index (χ1n) is 9.04. The third-order valence-electron chi connectivity index (χ3n) is 4.48. The second-order valence-electron chi connectivity index (χ2n) is 6.48. The highest BCUT2D eigenvalue weighted by Gasteiger charge is 2.18. The van der Waals surface area contributed by atoms with E-state index in [1.54, 1.807) is 23.1 Å². The molecule has 1 amide bonds. The van der Waals surface area contributed by atoms with Crippen LogP contribution >= 0.6 is 0 Å². The van der Waals surface area contributed by atoms with Crippen molar-refractivity contribution < 1.29 is 4.79 Å². The Bertz CT molecular complexity index is 1020. The van der Waals surface area contributed by atoms with Crippen LogP contribution in [0.1, 0.15) is 27.2 Å². The lowest BCUT2D eigenvalue weighted by Gasteiger charge is -2.22. The van der Waals surface area contributed by atoms with Crippen LogP contribution in [0.4, 0.5) is 0 Å². The molecule has 0 N–H and O–H groups in total. The van der Waals surface area contributed by atoms with Crippen molar-refractivity contribution in [1.29, 1.82) is 5.26 Å². The maximum Gasteiger partial charge on any atom is 0.256 e. The number of aromatic nitrogens is 1. The minimum Gasteiger partial charge on any atom is -0.331 e. The van der Waals surface area contributed by atoms with Crippen molar-refractivity contribution in [3.05, 3.63) is 102 Å². The van der Waals surface area contributed by atoms with Crippen molar-refractivity contribution >= 4 is 5.91 Å². The normalized spacial score (nSPS) is 10.1. The number of amides is 1. The summed E-state index contributed by atoms with van der Waals surface area (Å²) in [6.07, 6.45) is 1.71. The Morgan fingerprint density at radius 2 is 1.82 bits per heavy atom. The molecule has 2 aromatic carbocycles. The zero-order valence-corrected chi connectivity index (χ0v) is 15.8. The first-order valence-corrected chi connectivity index (χ1v) is 9.04. The monoisotopic (exact) mass is 367 g/mol. The summed E-state index contributed by atoms with van der Waals surface area (Å²) in [5, 5.41) is 8.93. The number of carbonyl (C=O) groups excluding carboxylic acids is 1. The van der Waals surface area contributed by atoms with E-state index in [2.05, 4.69) is 17.6 Å². The number of nitriles is 1. The molecule has 4 nitrogen and oxygen atoms in total. The fraction of sp³-hybridized carbons (Fsp3) is 0.125. The molecular formula is C24H21N3O. The van der Waals surface area contributed by atoms with Crippen LogP contribution in [-0.2, 0) is 6.54 Å². The third kappa shape index (κ3) is 4.33. The van der Waals surface area contributed by atoms with Gasteiger partial charge in [-0.25, -0.2) is 0 Å². The highest BCUT2D eigenvalue weighted by molar-refractivity contribution is 5.95. The van der Waals surface area contributed by atoms with E-state index in [0.717, 1.165) is 16.8 Å². The average Bonchev–Trinajstić information content (AvgIpc) is 2.74. The van der Waals surface area contributed by atoms with Gasteiger partial charge in [0.15, 0.2) is 0 Å². The van der Waals surface area contributed by atoms with Crippen molar-refractivity contribution in [3.8, 4) is 17.3 Å². The number of hydrogen-bond acceptors (Lipinski definition) is 3. The minimum absolute atomic E-state index is 0.0890. The van der Waals surface area contributed by atoms with Crippen LogP contribution in [0.5, 0.6) is 0 Å². The summed E-state index contributed by atoms with van der Waals surface area (Å²) < 4.78 is 0. The maximum atomic E-state index is 13.1. The molecule has 0 fully saturated rings. The van der Waals surface area contributed by atoms with Crippen LogP contribution in [0, 0.1) is 18.3 Å². The molecule has 0 atom stereocenters. The molecule has 28 heavy (non-hydrogen) atoms. The van der Waals surface area contributed by atoms with Gasteiger partial charge in [0.05, 0.1) is 28.6 Å². The van der Waals surface area contributed by atoms with Crippen LogP contribution in [0.2, 0.25) is 0 Å². The average molecular weight is 367 g/mol. The van der Waals surface area contributed by atoms with Gasteiger partial charge in [0, 0.05) is 18.7 Å². The first kappa shape index (κ1) is 19.1. The quantitative estimate of drug-likeness (QED) is 0.590. The summed E-state index contributed by atoms with van der Waals surface area (Å²) >= 11 is 0. The highest BCUT2D eigenvalue weighted by Crippen LogP contribution is 2.20. The van der Waals surface area contributed by atoms with Gasteiger partial charge in [-0.15, -0.1) is 6.58 Å². The van der Waals surface area contributed by atoms with Crippen LogP contribution in [0.25, 0.3) is 11.3 Å². The number of aryl methyl sites for hydroxylation is 1. The van der Waals surface area contributed by atoms with E-state index in [9.17, 15) is 4.79 Å². The molecule has 0 aliphatic heterocycles. The Morgan fingerprint density at radius 3 is 2.43 bits per heavy atom. The summed E-state index contributed by atoms with van der Waals surface area (Å²) in [7, 11) is 0. The van der Waals surface area contributed by atoms with Gasteiger partial charge in [-0.05, 0) is 36.8 Å². The van der Waals surface area contributed by atoms with E-state index in [0.29, 0.717) is 29.9 Å². The van der Waals surface area contributed by atoms with Crippen molar-refractivity contribution in [3.63, 3.8) is 0 Å². The zero-order valence-electron chi connectivity index (χ0n) is 15.8. The summed E-state index contributed by atoms with van der Waals surface area (Å²) in [6.45, 7) is 6.49. The van der Waals surface area contributed by atoms with Crippen molar-refractivity contribution in [2.75, 3.05) is 6.54 Å². The van der Waals surface area contributed by atoms with Gasteiger partial charge in [0.25, 0.3) is 5.91 Å². The fourth-order valence-corrected chi connectivity index (χ4v) is 3.01. The lowest BCUT2D eigenvalue weighted by Crippen LogP contribution is -2.31. The van der Waals surface area contributed by atoms with Crippen LogP contribution in [0.3, 0.4) is 0 Å². The molecule has 0 radical (unpaired) electrons. The zero-order chi connectivity index (χ0) is 19.9. The van der Waals surface area contributed by atoms with Crippen molar-refractivity contribution in [2.24, 2.45) is 0 Å². The van der Waals surface area contributed by atoms with Gasteiger partial charge in [-0.3, -0.25) is 9.78 Å². The lowest BCUT2D eigenvalue weighted by molar-refractivity contribution is 0.0761. The topological polar surface area (TPSA) is 57.0 Å². The smallest absolute Gasteiger partial charge is 0.256 e. The highest BCUT2D eigenvalue weighted by atomic mass is 16.2. The molecule has 0 saturated heterocycles. The SMILES string of the molecule is C=CCN(Cc1ccc(C#N)cc1)C(=O)c1ccc(-c2ccccc2)nc1C. The number of benzene rings is 2. The van der Waals surface area contributed by atoms with Gasteiger partial charge in [-0.1, -0.05) is 48.5 Å². The predicted molar refractivity (Wildman–Crippen MR) is 111 cm³/mol. The fourth-order valence-electron chi connectivity index (χ4n) is 3.01. The predicted octanol–water partition coefficient (Wildman–Crippen LogP) is 4.76. The second-order valence-corrected chi connectivity index (χ2v) is 6.48. The van der Waals surface area contributed by atoms with Gasteiger partial charge < -0.3 is 4.90 Å². The van der Waals surface area contributed by atoms with E-state index in [1.165, 1.54) is 0 Å². The maximum absolute atomic E-state index is 13.1. The van der Waals surface area contributed by atoms with Crippen LogP contribution in [-0.4, -0.2) is 22.3 Å². The first-order chi connectivity index (χ1) is 13.6. The molecule has 1 heterocycles.